The molecule has 1 amide bonds. The van der Waals surface area contributed by atoms with Gasteiger partial charge in [-0.3, -0.25) is 15.1 Å². The lowest BCUT2D eigenvalue weighted by Crippen LogP contribution is -2.15. The Labute approximate surface area is 114 Å². The Hall–Kier alpha value is -2.09. The molecule has 0 saturated heterocycles. The van der Waals surface area contributed by atoms with Gasteiger partial charge in [0.15, 0.2) is 0 Å². The fraction of sp³-hybridized carbons (Fsp3) is 0.364. The van der Waals surface area contributed by atoms with Gasteiger partial charge < -0.3 is 5.32 Å². The first kappa shape index (κ1) is 13.3. The van der Waals surface area contributed by atoms with E-state index < -0.39 is 0 Å². The van der Waals surface area contributed by atoms with Crippen LogP contribution in [0.2, 0.25) is 0 Å². The summed E-state index contributed by atoms with van der Waals surface area (Å²) in [6.07, 6.45) is 3.98. The molecule has 2 aromatic heterocycles. The topological polar surface area (TPSA) is 92.7 Å². The summed E-state index contributed by atoms with van der Waals surface area (Å²) >= 11 is 1.13. The number of carbonyl (C=O) groups excluding carboxylic acids is 1. The van der Waals surface area contributed by atoms with Crippen LogP contribution in [0.3, 0.4) is 0 Å². The summed E-state index contributed by atoms with van der Waals surface area (Å²) in [4.78, 5) is 24.2. The van der Waals surface area contributed by atoms with E-state index in [0.717, 1.165) is 24.5 Å². The summed E-state index contributed by atoms with van der Waals surface area (Å²) in [6, 6.07) is 0. The number of carbonyl (C=O) groups is 1. The molecule has 8 heteroatoms. The van der Waals surface area contributed by atoms with Crippen LogP contribution >= 0.6 is 11.5 Å². The predicted octanol–water partition coefficient (Wildman–Crippen LogP) is 1.71. The van der Waals surface area contributed by atoms with Gasteiger partial charge in [-0.15, -0.1) is 0 Å². The molecule has 19 heavy (non-hydrogen) atoms. The van der Waals surface area contributed by atoms with E-state index in [4.69, 9.17) is 0 Å². The van der Waals surface area contributed by atoms with E-state index in [2.05, 4.69) is 36.9 Å². The number of hydrogen-bond donors (Lipinski definition) is 2. The van der Waals surface area contributed by atoms with Crippen molar-refractivity contribution in [3.05, 3.63) is 23.9 Å². The number of aromatic nitrogens is 4. The van der Waals surface area contributed by atoms with Crippen molar-refractivity contribution < 1.29 is 4.79 Å². The summed E-state index contributed by atoms with van der Waals surface area (Å²) in [7, 11) is 0. The van der Waals surface area contributed by atoms with Crippen LogP contribution in [0.1, 0.15) is 29.7 Å². The van der Waals surface area contributed by atoms with E-state index in [-0.39, 0.29) is 11.6 Å². The summed E-state index contributed by atoms with van der Waals surface area (Å²) < 4.78 is 3.99. The number of anilines is 2. The lowest BCUT2D eigenvalue weighted by Gasteiger charge is -2.05. The van der Waals surface area contributed by atoms with Crippen molar-refractivity contribution >= 4 is 28.4 Å². The van der Waals surface area contributed by atoms with Gasteiger partial charge in [-0.25, -0.2) is 9.97 Å². The molecule has 2 rings (SSSR count). The predicted molar refractivity (Wildman–Crippen MR) is 73.4 cm³/mol. The maximum absolute atomic E-state index is 11.9. The average Bonchev–Trinajstić information content (AvgIpc) is 2.82. The van der Waals surface area contributed by atoms with Crippen molar-refractivity contribution in [3.63, 3.8) is 0 Å². The molecule has 2 N–H and O–H groups in total. The first-order chi connectivity index (χ1) is 9.19. The van der Waals surface area contributed by atoms with Gasteiger partial charge in [0.1, 0.15) is 17.3 Å². The van der Waals surface area contributed by atoms with Crippen LogP contribution < -0.4 is 10.6 Å². The second-order valence-corrected chi connectivity index (χ2v) is 4.57. The maximum atomic E-state index is 11.9. The van der Waals surface area contributed by atoms with E-state index in [1.54, 1.807) is 13.1 Å². The van der Waals surface area contributed by atoms with Crippen molar-refractivity contribution in [2.45, 2.75) is 20.3 Å². The third-order valence-corrected chi connectivity index (χ3v) is 2.89. The zero-order valence-electron chi connectivity index (χ0n) is 10.7. The van der Waals surface area contributed by atoms with Crippen LogP contribution in [0.5, 0.6) is 0 Å². The molecule has 0 aliphatic carbocycles. The molecule has 0 spiro atoms. The van der Waals surface area contributed by atoms with Crippen molar-refractivity contribution in [3.8, 4) is 0 Å². The second kappa shape index (κ2) is 6.19. The summed E-state index contributed by atoms with van der Waals surface area (Å²) in [5.41, 5.74) is 0.244. The van der Waals surface area contributed by atoms with Crippen molar-refractivity contribution in [2.75, 3.05) is 17.2 Å². The van der Waals surface area contributed by atoms with Crippen molar-refractivity contribution in [2.24, 2.45) is 0 Å². The van der Waals surface area contributed by atoms with Gasteiger partial charge in [-0.05, 0) is 13.3 Å². The first-order valence-corrected chi connectivity index (χ1v) is 6.64. The number of hydrogen-bond acceptors (Lipinski definition) is 7. The Morgan fingerprint density at radius 1 is 1.37 bits per heavy atom. The molecule has 2 aromatic rings. The van der Waals surface area contributed by atoms with Gasteiger partial charge in [0, 0.05) is 18.1 Å². The molecule has 0 bridgehead atoms. The number of amides is 1. The fourth-order valence-electron chi connectivity index (χ4n) is 1.32. The molecule has 7 nitrogen and oxygen atoms in total. The highest BCUT2D eigenvalue weighted by Crippen LogP contribution is 2.11. The van der Waals surface area contributed by atoms with Gasteiger partial charge in [-0.1, -0.05) is 6.92 Å². The second-order valence-electron chi connectivity index (χ2n) is 3.82. The number of aryl methyl sites for hydroxylation is 1. The minimum absolute atomic E-state index is 0.244. The number of rotatable bonds is 5. The van der Waals surface area contributed by atoms with Crippen LogP contribution in [-0.2, 0) is 0 Å². The highest BCUT2D eigenvalue weighted by Gasteiger charge is 2.11. The van der Waals surface area contributed by atoms with Crippen LogP contribution in [-0.4, -0.2) is 31.8 Å². The highest BCUT2D eigenvalue weighted by molar-refractivity contribution is 7.09. The van der Waals surface area contributed by atoms with Gasteiger partial charge in [0.25, 0.3) is 5.91 Å². The molecule has 0 aromatic carbocycles. The maximum Gasteiger partial charge on any atom is 0.277 e. The molecule has 2 heterocycles. The van der Waals surface area contributed by atoms with Crippen molar-refractivity contribution in [1.29, 1.82) is 0 Å². The Morgan fingerprint density at radius 2 is 2.21 bits per heavy atom. The van der Waals surface area contributed by atoms with Gasteiger partial charge in [-0.2, -0.15) is 4.37 Å². The lowest BCUT2D eigenvalue weighted by atomic mass is 10.4. The quantitative estimate of drug-likeness (QED) is 0.865. The molecule has 0 aliphatic heterocycles. The largest absolute Gasteiger partial charge is 0.369 e. The monoisotopic (exact) mass is 278 g/mol. The number of nitrogens with zero attached hydrogens (tertiary/aromatic N) is 4. The summed E-state index contributed by atoms with van der Waals surface area (Å²) in [5.74, 6) is 0.872. The Balaban J connectivity index is 2.06. The molecule has 0 fully saturated rings. The minimum Gasteiger partial charge on any atom is -0.369 e. The molecule has 0 atom stereocenters. The van der Waals surface area contributed by atoms with Crippen LogP contribution in [0.4, 0.5) is 10.9 Å². The van der Waals surface area contributed by atoms with Gasteiger partial charge >= 0.3 is 0 Å². The fourth-order valence-corrected chi connectivity index (χ4v) is 1.89. The Morgan fingerprint density at radius 3 is 2.89 bits per heavy atom. The molecular formula is C11H14N6OS. The third-order valence-electron chi connectivity index (χ3n) is 2.17. The molecular weight excluding hydrogens is 264 g/mol. The molecule has 0 saturated carbocycles. The summed E-state index contributed by atoms with van der Waals surface area (Å²) in [6.45, 7) is 4.60. The molecule has 0 unspecified atom stereocenters. The van der Waals surface area contributed by atoms with Crippen molar-refractivity contribution in [1.82, 2.24) is 19.3 Å². The minimum atomic E-state index is -0.344. The Kier molecular flexibility index (Phi) is 4.35. The van der Waals surface area contributed by atoms with E-state index in [0.29, 0.717) is 16.8 Å². The standard InChI is InChI=1S/C11H14N6OS/c1-3-4-13-9-6-12-5-8(15-9)10(18)16-11-14-7(2)17-19-11/h5-6H,3-4H2,1-2H3,(H,13,15)(H,14,16,17,18). The van der Waals surface area contributed by atoms with E-state index in [1.807, 2.05) is 0 Å². The van der Waals surface area contributed by atoms with E-state index in [9.17, 15) is 4.79 Å². The lowest BCUT2D eigenvalue weighted by molar-refractivity contribution is 0.102. The zero-order chi connectivity index (χ0) is 13.7. The third kappa shape index (κ3) is 3.68. The molecule has 0 aliphatic rings. The van der Waals surface area contributed by atoms with Gasteiger partial charge in [0.05, 0.1) is 12.4 Å². The normalized spacial score (nSPS) is 10.2. The van der Waals surface area contributed by atoms with E-state index >= 15 is 0 Å². The highest BCUT2D eigenvalue weighted by atomic mass is 32.1. The molecule has 100 valence electrons. The smallest absolute Gasteiger partial charge is 0.277 e. The molecule has 0 radical (unpaired) electrons. The number of nitrogens with one attached hydrogen (secondary N) is 2. The van der Waals surface area contributed by atoms with Crippen LogP contribution in [0.15, 0.2) is 12.4 Å². The van der Waals surface area contributed by atoms with E-state index in [1.165, 1.54) is 6.20 Å². The van der Waals surface area contributed by atoms with Crippen LogP contribution in [0.25, 0.3) is 0 Å². The summed E-state index contributed by atoms with van der Waals surface area (Å²) in [5, 5.41) is 6.17. The zero-order valence-corrected chi connectivity index (χ0v) is 11.5. The SMILES string of the molecule is CCCNc1cncc(C(=O)Nc2nc(C)ns2)n1. The van der Waals surface area contributed by atoms with Crippen LogP contribution in [0, 0.1) is 6.92 Å². The first-order valence-electron chi connectivity index (χ1n) is 5.86. The Bertz CT molecular complexity index is 570. The average molecular weight is 278 g/mol. The van der Waals surface area contributed by atoms with Gasteiger partial charge in [0.2, 0.25) is 5.13 Å².